The number of halogens is 2. The lowest BCUT2D eigenvalue weighted by molar-refractivity contribution is -0.140. The highest BCUT2D eigenvalue weighted by Gasteiger charge is 2.29. The lowest BCUT2D eigenvalue weighted by atomic mass is 9.98. The van der Waals surface area contributed by atoms with Crippen molar-refractivity contribution in [3.05, 3.63) is 89.0 Å². The van der Waals surface area contributed by atoms with E-state index < -0.39 is 46.8 Å². The van der Waals surface area contributed by atoms with Crippen LogP contribution in [0.2, 0.25) is 0 Å². The number of carbonyl (C=O) groups is 3. The van der Waals surface area contributed by atoms with Crippen LogP contribution >= 0.6 is 0 Å². The minimum Gasteiger partial charge on any atom is -0.481 e. The highest BCUT2D eigenvalue weighted by molar-refractivity contribution is 5.97. The van der Waals surface area contributed by atoms with E-state index >= 15 is 0 Å². The van der Waals surface area contributed by atoms with E-state index in [4.69, 9.17) is 9.84 Å². The molecule has 1 aliphatic rings. The number of aliphatic carboxylic acids is 1. The number of amides is 2. The average molecular weight is 480 g/mol. The van der Waals surface area contributed by atoms with Crippen LogP contribution < -0.4 is 10.6 Å². The number of nitrogens with one attached hydrogen (secondary N) is 2. The first-order valence-corrected chi connectivity index (χ1v) is 10.9. The summed E-state index contributed by atoms with van der Waals surface area (Å²) in [7, 11) is 0. The van der Waals surface area contributed by atoms with Crippen LogP contribution in [0.1, 0.15) is 34.3 Å². The Hall–Kier alpha value is -4.27. The molecule has 0 saturated heterocycles. The van der Waals surface area contributed by atoms with Gasteiger partial charge < -0.3 is 15.2 Å². The van der Waals surface area contributed by atoms with Gasteiger partial charge in [-0.1, -0.05) is 55.5 Å². The van der Waals surface area contributed by atoms with E-state index in [1.165, 1.54) is 6.92 Å². The number of rotatable bonds is 7. The normalized spacial score (nSPS) is 12.9. The maximum atomic E-state index is 14.9. The van der Waals surface area contributed by atoms with E-state index in [2.05, 4.69) is 10.6 Å². The van der Waals surface area contributed by atoms with Crippen LogP contribution in [0.3, 0.4) is 0 Å². The van der Waals surface area contributed by atoms with E-state index in [1.54, 1.807) is 0 Å². The van der Waals surface area contributed by atoms with Crippen LogP contribution in [-0.2, 0) is 9.53 Å². The molecule has 180 valence electrons. The van der Waals surface area contributed by atoms with E-state index in [9.17, 15) is 23.2 Å². The average Bonchev–Trinajstić information content (AvgIpc) is 3.16. The molecule has 1 aliphatic carbocycles. The second kappa shape index (κ2) is 9.92. The zero-order valence-corrected chi connectivity index (χ0v) is 18.7. The zero-order chi connectivity index (χ0) is 25.1. The first-order chi connectivity index (χ1) is 16.8. The quantitative estimate of drug-likeness (QED) is 0.452. The van der Waals surface area contributed by atoms with Crippen molar-refractivity contribution >= 4 is 23.7 Å². The van der Waals surface area contributed by atoms with Crippen LogP contribution in [0.4, 0.5) is 19.3 Å². The van der Waals surface area contributed by atoms with Crippen LogP contribution in [0.15, 0.2) is 60.7 Å². The summed E-state index contributed by atoms with van der Waals surface area (Å²) in [5, 5.41) is 13.3. The Balaban J connectivity index is 1.45. The van der Waals surface area contributed by atoms with E-state index in [1.807, 2.05) is 48.5 Å². The third-order valence-electron chi connectivity index (χ3n) is 5.89. The summed E-state index contributed by atoms with van der Waals surface area (Å²) in [5.74, 6) is -5.91. The lowest BCUT2D eigenvalue weighted by Gasteiger charge is -2.15. The fourth-order valence-corrected chi connectivity index (χ4v) is 4.02. The molecule has 2 amide bonds. The van der Waals surface area contributed by atoms with Gasteiger partial charge in [0.25, 0.3) is 5.91 Å². The number of anilines is 1. The zero-order valence-electron chi connectivity index (χ0n) is 18.7. The van der Waals surface area contributed by atoms with Crippen molar-refractivity contribution in [3.8, 4) is 11.1 Å². The van der Waals surface area contributed by atoms with Gasteiger partial charge in [-0.3, -0.25) is 14.9 Å². The monoisotopic (exact) mass is 480 g/mol. The molecule has 35 heavy (non-hydrogen) atoms. The molecule has 7 nitrogen and oxygen atoms in total. The molecule has 3 aromatic carbocycles. The highest BCUT2D eigenvalue weighted by Crippen LogP contribution is 2.44. The Bertz CT molecular complexity index is 1270. The Morgan fingerprint density at radius 3 is 2.17 bits per heavy atom. The van der Waals surface area contributed by atoms with E-state index in [-0.39, 0.29) is 19.1 Å². The molecular weight excluding hydrogens is 458 g/mol. The number of benzene rings is 3. The van der Waals surface area contributed by atoms with Crippen molar-refractivity contribution in [3.63, 3.8) is 0 Å². The molecule has 1 unspecified atom stereocenters. The Morgan fingerprint density at radius 1 is 0.971 bits per heavy atom. The van der Waals surface area contributed by atoms with Crippen LogP contribution in [0.25, 0.3) is 11.1 Å². The van der Waals surface area contributed by atoms with Crippen molar-refractivity contribution in [2.75, 3.05) is 18.5 Å². The van der Waals surface area contributed by atoms with Crippen molar-refractivity contribution in [2.45, 2.75) is 12.8 Å². The van der Waals surface area contributed by atoms with Gasteiger partial charge in [0.2, 0.25) is 0 Å². The summed E-state index contributed by atoms with van der Waals surface area (Å²) in [4.78, 5) is 35.6. The fourth-order valence-electron chi connectivity index (χ4n) is 4.02. The predicted octanol–water partition coefficient (Wildman–Crippen LogP) is 4.78. The second-order valence-corrected chi connectivity index (χ2v) is 8.18. The predicted molar refractivity (Wildman–Crippen MR) is 124 cm³/mol. The number of carboxylic acid groups (broad SMARTS) is 1. The van der Waals surface area contributed by atoms with Gasteiger partial charge in [-0.2, -0.15) is 0 Å². The van der Waals surface area contributed by atoms with Crippen molar-refractivity contribution in [2.24, 2.45) is 5.92 Å². The minimum atomic E-state index is -1.29. The Morgan fingerprint density at radius 2 is 1.57 bits per heavy atom. The van der Waals surface area contributed by atoms with E-state index in [0.29, 0.717) is 0 Å². The number of fused-ring (bicyclic) bond motifs is 3. The molecule has 9 heteroatoms. The highest BCUT2D eigenvalue weighted by atomic mass is 19.1. The van der Waals surface area contributed by atoms with Gasteiger partial charge in [-0.05, 0) is 34.4 Å². The first-order valence-electron chi connectivity index (χ1n) is 10.9. The number of hydrogen-bond donors (Lipinski definition) is 3. The number of ether oxygens (including phenoxy) is 1. The third-order valence-corrected chi connectivity index (χ3v) is 5.89. The van der Waals surface area contributed by atoms with Crippen LogP contribution in [0.5, 0.6) is 0 Å². The van der Waals surface area contributed by atoms with E-state index in [0.717, 1.165) is 34.4 Å². The SMILES string of the molecule is CC(CNC(=O)c1c(F)ccc(NC(=O)OCC2c3ccccc3-c3ccccc32)c1F)C(=O)O. The van der Waals surface area contributed by atoms with Gasteiger partial charge in [0.1, 0.15) is 18.0 Å². The molecule has 3 N–H and O–H groups in total. The molecule has 0 fully saturated rings. The van der Waals surface area contributed by atoms with Gasteiger partial charge >= 0.3 is 12.1 Å². The topological polar surface area (TPSA) is 105 Å². The Kier molecular flexibility index (Phi) is 6.77. The molecule has 0 aliphatic heterocycles. The summed E-state index contributed by atoms with van der Waals surface area (Å²) in [5.41, 5.74) is 2.73. The molecule has 0 spiro atoms. The number of carbonyl (C=O) groups excluding carboxylic acids is 2. The smallest absolute Gasteiger partial charge is 0.411 e. The van der Waals surface area contributed by atoms with Gasteiger partial charge in [-0.15, -0.1) is 0 Å². The maximum Gasteiger partial charge on any atom is 0.411 e. The number of hydrogen-bond acceptors (Lipinski definition) is 4. The first kappa shape index (κ1) is 23.9. The molecule has 4 rings (SSSR count). The van der Waals surface area contributed by atoms with Crippen LogP contribution in [0, 0.1) is 17.6 Å². The molecule has 0 heterocycles. The van der Waals surface area contributed by atoms with Gasteiger partial charge in [0.15, 0.2) is 5.82 Å². The van der Waals surface area contributed by atoms with Crippen LogP contribution in [-0.4, -0.2) is 36.2 Å². The molecule has 3 aromatic rings. The third kappa shape index (κ3) is 4.84. The summed E-state index contributed by atoms with van der Waals surface area (Å²) < 4.78 is 34.4. The second-order valence-electron chi connectivity index (χ2n) is 8.18. The standard InChI is InChI=1S/C26H22F2N2O5/c1-14(25(32)33)12-29-24(31)22-20(27)10-11-21(23(22)28)30-26(34)35-13-19-17-8-4-2-6-15(17)16-7-3-5-9-18(16)19/h2-11,14,19H,12-13H2,1H3,(H,29,31)(H,30,34)(H,32,33). The van der Waals surface area contributed by atoms with Crippen molar-refractivity contribution < 1.29 is 33.0 Å². The largest absolute Gasteiger partial charge is 0.481 e. The lowest BCUT2D eigenvalue weighted by Crippen LogP contribution is -2.32. The summed E-state index contributed by atoms with van der Waals surface area (Å²) in [6.45, 7) is 1.00. The minimum absolute atomic E-state index is 0.0108. The molecule has 1 atom stereocenters. The van der Waals surface area contributed by atoms with Gasteiger partial charge in [0.05, 0.1) is 11.6 Å². The molecule has 0 radical (unpaired) electrons. The molecule has 0 bridgehead atoms. The summed E-state index contributed by atoms with van der Waals surface area (Å²) in [6, 6.07) is 17.4. The molecular formula is C26H22F2N2O5. The summed E-state index contributed by atoms with van der Waals surface area (Å²) >= 11 is 0. The Labute approximate surface area is 199 Å². The van der Waals surface area contributed by atoms with Crippen molar-refractivity contribution in [1.29, 1.82) is 0 Å². The molecule has 0 saturated carbocycles. The van der Waals surface area contributed by atoms with Crippen molar-refractivity contribution in [1.82, 2.24) is 5.32 Å². The molecule has 0 aromatic heterocycles. The van der Waals surface area contributed by atoms with Gasteiger partial charge in [-0.25, -0.2) is 13.6 Å². The maximum absolute atomic E-state index is 14.9. The fraction of sp³-hybridized carbons (Fsp3) is 0.192. The number of carboxylic acids is 1. The van der Waals surface area contributed by atoms with Gasteiger partial charge in [0, 0.05) is 12.5 Å². The summed E-state index contributed by atoms with van der Waals surface area (Å²) in [6.07, 6.45) is -0.969.